The van der Waals surface area contributed by atoms with Crippen molar-refractivity contribution >= 4 is 0 Å². The van der Waals surface area contributed by atoms with Crippen molar-refractivity contribution in [2.24, 2.45) is 5.41 Å². The first-order valence-electron chi connectivity index (χ1n) is 7.28. The lowest BCUT2D eigenvalue weighted by Gasteiger charge is -2.35. The van der Waals surface area contributed by atoms with Crippen LogP contribution in [0.2, 0.25) is 0 Å². The summed E-state index contributed by atoms with van der Waals surface area (Å²) < 4.78 is 0. The van der Waals surface area contributed by atoms with E-state index in [0.717, 1.165) is 12.8 Å². The molecule has 16 heavy (non-hydrogen) atoms. The molecule has 0 heterocycles. The van der Waals surface area contributed by atoms with E-state index in [1.807, 2.05) is 0 Å². The maximum atomic E-state index is 10.4. The van der Waals surface area contributed by atoms with Gasteiger partial charge in [-0.15, -0.1) is 0 Å². The molecule has 0 radical (unpaired) electrons. The predicted molar refractivity (Wildman–Crippen MR) is 72.7 cm³/mol. The standard InChI is InChI=1S/C15H32O/c1-5-8-11-14(16)15(4,12-9-6-2)13-10-7-3/h14,16H,5-13H2,1-4H3. The predicted octanol–water partition coefficient (Wildman–Crippen LogP) is 4.92. The van der Waals surface area contributed by atoms with Crippen LogP contribution in [-0.4, -0.2) is 11.2 Å². The summed E-state index contributed by atoms with van der Waals surface area (Å²) in [5.74, 6) is 0. The van der Waals surface area contributed by atoms with E-state index < -0.39 is 0 Å². The summed E-state index contributed by atoms with van der Waals surface area (Å²) in [7, 11) is 0. The second kappa shape index (κ2) is 9.04. The quantitative estimate of drug-likeness (QED) is 0.562. The van der Waals surface area contributed by atoms with Crippen molar-refractivity contribution in [2.75, 3.05) is 0 Å². The molecule has 0 saturated heterocycles. The molecule has 1 nitrogen and oxygen atoms in total. The van der Waals surface area contributed by atoms with Gasteiger partial charge in [-0.05, 0) is 24.7 Å². The molecule has 0 spiro atoms. The lowest BCUT2D eigenvalue weighted by Crippen LogP contribution is -2.32. The highest BCUT2D eigenvalue weighted by Gasteiger charge is 2.30. The van der Waals surface area contributed by atoms with Crippen LogP contribution in [0.5, 0.6) is 0 Å². The van der Waals surface area contributed by atoms with Crippen LogP contribution in [0.1, 0.15) is 85.5 Å². The molecule has 1 heteroatoms. The minimum atomic E-state index is -0.0921. The summed E-state index contributed by atoms with van der Waals surface area (Å²) in [4.78, 5) is 0. The number of unbranched alkanes of at least 4 members (excludes halogenated alkanes) is 3. The van der Waals surface area contributed by atoms with Crippen molar-refractivity contribution in [3.8, 4) is 0 Å². The Kier molecular flexibility index (Phi) is 9.02. The van der Waals surface area contributed by atoms with Crippen LogP contribution in [0.3, 0.4) is 0 Å². The van der Waals surface area contributed by atoms with Crippen molar-refractivity contribution < 1.29 is 5.11 Å². The zero-order valence-corrected chi connectivity index (χ0v) is 11.9. The van der Waals surface area contributed by atoms with Gasteiger partial charge < -0.3 is 5.11 Å². The molecule has 0 aliphatic rings. The number of aliphatic hydroxyl groups is 1. The van der Waals surface area contributed by atoms with E-state index in [1.54, 1.807) is 0 Å². The van der Waals surface area contributed by atoms with Crippen LogP contribution in [0.25, 0.3) is 0 Å². The van der Waals surface area contributed by atoms with Crippen molar-refractivity contribution in [3.63, 3.8) is 0 Å². The Hall–Kier alpha value is -0.0400. The van der Waals surface area contributed by atoms with Crippen molar-refractivity contribution in [3.05, 3.63) is 0 Å². The lowest BCUT2D eigenvalue weighted by atomic mass is 9.74. The molecule has 1 unspecified atom stereocenters. The summed E-state index contributed by atoms with van der Waals surface area (Å²) in [6.07, 6.45) is 10.6. The third kappa shape index (κ3) is 5.89. The van der Waals surface area contributed by atoms with E-state index in [-0.39, 0.29) is 11.5 Å². The van der Waals surface area contributed by atoms with E-state index in [1.165, 1.54) is 44.9 Å². The highest BCUT2D eigenvalue weighted by atomic mass is 16.3. The number of aliphatic hydroxyl groups excluding tert-OH is 1. The zero-order chi connectivity index (χ0) is 12.4. The van der Waals surface area contributed by atoms with Gasteiger partial charge in [0.2, 0.25) is 0 Å². The van der Waals surface area contributed by atoms with Gasteiger partial charge in [-0.1, -0.05) is 66.2 Å². The monoisotopic (exact) mass is 228 g/mol. The van der Waals surface area contributed by atoms with E-state index in [4.69, 9.17) is 0 Å². The van der Waals surface area contributed by atoms with Crippen molar-refractivity contribution in [2.45, 2.75) is 91.6 Å². The number of rotatable bonds is 10. The van der Waals surface area contributed by atoms with Gasteiger partial charge >= 0.3 is 0 Å². The highest BCUT2D eigenvalue weighted by Crippen LogP contribution is 2.36. The molecule has 0 rings (SSSR count). The maximum Gasteiger partial charge on any atom is 0.0593 e. The van der Waals surface area contributed by atoms with Gasteiger partial charge in [-0.2, -0.15) is 0 Å². The van der Waals surface area contributed by atoms with E-state index in [9.17, 15) is 5.11 Å². The van der Waals surface area contributed by atoms with Gasteiger partial charge in [0.05, 0.1) is 6.10 Å². The van der Waals surface area contributed by atoms with Gasteiger partial charge in [0.25, 0.3) is 0 Å². The fourth-order valence-corrected chi connectivity index (χ4v) is 2.37. The molecule has 0 aromatic rings. The zero-order valence-electron chi connectivity index (χ0n) is 11.9. The average molecular weight is 228 g/mol. The molecule has 1 atom stereocenters. The molecule has 0 fully saturated rings. The first-order valence-corrected chi connectivity index (χ1v) is 7.28. The van der Waals surface area contributed by atoms with E-state index >= 15 is 0 Å². The molecule has 0 aliphatic heterocycles. The first-order chi connectivity index (χ1) is 7.60. The molecule has 0 bridgehead atoms. The van der Waals surface area contributed by atoms with Crippen LogP contribution in [0, 0.1) is 5.41 Å². The SMILES string of the molecule is CCCCC(O)C(C)(CCCC)CCCC. The van der Waals surface area contributed by atoms with Crippen LogP contribution in [0.4, 0.5) is 0 Å². The average Bonchev–Trinajstić information content (AvgIpc) is 2.30. The second-order valence-corrected chi connectivity index (χ2v) is 5.52. The Bertz CT molecular complexity index is 146. The Morgan fingerprint density at radius 3 is 1.69 bits per heavy atom. The van der Waals surface area contributed by atoms with Gasteiger partial charge in [-0.3, -0.25) is 0 Å². The molecular weight excluding hydrogens is 196 g/mol. The topological polar surface area (TPSA) is 20.2 Å². The Balaban J connectivity index is 4.24. The minimum absolute atomic E-state index is 0.0921. The fraction of sp³-hybridized carbons (Fsp3) is 1.00. The van der Waals surface area contributed by atoms with E-state index in [0.29, 0.717) is 0 Å². The second-order valence-electron chi connectivity index (χ2n) is 5.52. The Labute approximate surface area is 103 Å². The third-order valence-corrected chi connectivity index (χ3v) is 3.84. The van der Waals surface area contributed by atoms with Crippen molar-refractivity contribution in [1.82, 2.24) is 0 Å². The molecular formula is C15H32O. The normalized spacial score (nSPS) is 14.1. The summed E-state index contributed by atoms with van der Waals surface area (Å²) in [5.41, 5.74) is 0.168. The molecule has 0 aliphatic carbocycles. The van der Waals surface area contributed by atoms with Crippen molar-refractivity contribution in [1.29, 1.82) is 0 Å². The molecule has 0 aromatic heterocycles. The summed E-state index contributed by atoms with van der Waals surface area (Å²) in [6, 6.07) is 0. The molecule has 0 saturated carbocycles. The Morgan fingerprint density at radius 1 is 0.875 bits per heavy atom. The van der Waals surface area contributed by atoms with Gasteiger partial charge in [0, 0.05) is 0 Å². The summed E-state index contributed by atoms with van der Waals surface area (Å²) >= 11 is 0. The maximum absolute atomic E-state index is 10.4. The van der Waals surface area contributed by atoms with Gasteiger partial charge in [-0.25, -0.2) is 0 Å². The largest absolute Gasteiger partial charge is 0.393 e. The smallest absolute Gasteiger partial charge is 0.0593 e. The van der Waals surface area contributed by atoms with Gasteiger partial charge in [0.15, 0.2) is 0 Å². The fourth-order valence-electron chi connectivity index (χ4n) is 2.37. The number of hydrogen-bond donors (Lipinski definition) is 1. The minimum Gasteiger partial charge on any atom is -0.393 e. The molecule has 1 N–H and O–H groups in total. The highest BCUT2D eigenvalue weighted by molar-refractivity contribution is 4.82. The lowest BCUT2D eigenvalue weighted by molar-refractivity contribution is 0.0135. The molecule has 0 aromatic carbocycles. The van der Waals surface area contributed by atoms with Crippen LogP contribution >= 0.6 is 0 Å². The first kappa shape index (κ1) is 16.0. The van der Waals surface area contributed by atoms with Crippen LogP contribution in [0.15, 0.2) is 0 Å². The van der Waals surface area contributed by atoms with Crippen LogP contribution < -0.4 is 0 Å². The van der Waals surface area contributed by atoms with E-state index in [2.05, 4.69) is 27.7 Å². The third-order valence-electron chi connectivity index (χ3n) is 3.84. The Morgan fingerprint density at radius 2 is 1.31 bits per heavy atom. The number of hydrogen-bond acceptors (Lipinski definition) is 1. The molecule has 0 amide bonds. The summed E-state index contributed by atoms with van der Waals surface area (Å²) in [5, 5.41) is 10.4. The van der Waals surface area contributed by atoms with Gasteiger partial charge in [0.1, 0.15) is 0 Å². The summed E-state index contributed by atoms with van der Waals surface area (Å²) in [6.45, 7) is 8.96. The molecule has 98 valence electrons. The van der Waals surface area contributed by atoms with Crippen LogP contribution in [-0.2, 0) is 0 Å².